The Labute approximate surface area is 185 Å². The van der Waals surface area contributed by atoms with Crippen LogP contribution < -0.4 is 5.32 Å². The Hall–Kier alpha value is -3.52. The minimum Gasteiger partial charge on any atom is -0.325 e. The smallest absolute Gasteiger partial charge is 0.234 e. The zero-order chi connectivity index (χ0) is 21.8. The Morgan fingerprint density at radius 2 is 1.77 bits per heavy atom. The summed E-state index contributed by atoms with van der Waals surface area (Å²) in [6, 6.07) is 14.0. The molecule has 4 aromatic rings. The normalized spacial score (nSPS) is 10.8. The van der Waals surface area contributed by atoms with E-state index in [0.29, 0.717) is 16.7 Å². The van der Waals surface area contributed by atoms with E-state index in [1.807, 2.05) is 67.8 Å². The number of carbonyl (C=O) groups excluding carboxylic acids is 1. The SMILES string of the molecule is Cc1ccc(-n2c(SCC(=O)Nc3cc(C)ccc3C)nnc2-c2cnccn2)cc1. The number of amides is 1. The van der Waals surface area contributed by atoms with Crippen LogP contribution in [-0.2, 0) is 4.79 Å². The lowest BCUT2D eigenvalue weighted by molar-refractivity contribution is -0.113. The maximum Gasteiger partial charge on any atom is 0.234 e. The summed E-state index contributed by atoms with van der Waals surface area (Å²) in [5, 5.41) is 12.3. The second-order valence-corrected chi connectivity index (χ2v) is 8.17. The Morgan fingerprint density at radius 1 is 1.00 bits per heavy atom. The largest absolute Gasteiger partial charge is 0.325 e. The summed E-state index contributed by atoms with van der Waals surface area (Å²) in [4.78, 5) is 21.1. The van der Waals surface area contributed by atoms with Crippen molar-refractivity contribution in [2.75, 3.05) is 11.1 Å². The fourth-order valence-electron chi connectivity index (χ4n) is 3.06. The van der Waals surface area contributed by atoms with E-state index in [4.69, 9.17) is 0 Å². The molecular formula is C23H22N6OS. The van der Waals surface area contributed by atoms with Crippen molar-refractivity contribution in [1.29, 1.82) is 0 Å². The average molecular weight is 431 g/mol. The molecule has 31 heavy (non-hydrogen) atoms. The number of rotatable bonds is 6. The third kappa shape index (κ3) is 4.80. The number of hydrogen-bond acceptors (Lipinski definition) is 6. The summed E-state index contributed by atoms with van der Waals surface area (Å²) in [5.41, 5.74) is 5.61. The van der Waals surface area contributed by atoms with Gasteiger partial charge in [0.05, 0.1) is 11.9 Å². The predicted molar refractivity (Wildman–Crippen MR) is 122 cm³/mol. The topological polar surface area (TPSA) is 85.6 Å². The predicted octanol–water partition coefficient (Wildman–Crippen LogP) is 4.38. The van der Waals surface area contributed by atoms with Crippen molar-refractivity contribution in [3.8, 4) is 17.2 Å². The molecule has 0 saturated heterocycles. The number of benzene rings is 2. The number of anilines is 1. The van der Waals surface area contributed by atoms with E-state index >= 15 is 0 Å². The molecule has 4 rings (SSSR count). The molecule has 2 aromatic heterocycles. The summed E-state index contributed by atoms with van der Waals surface area (Å²) in [7, 11) is 0. The quantitative estimate of drug-likeness (QED) is 0.457. The van der Waals surface area contributed by atoms with Crippen LogP contribution in [0.5, 0.6) is 0 Å². The first-order valence-electron chi connectivity index (χ1n) is 9.80. The lowest BCUT2D eigenvalue weighted by Gasteiger charge is -2.11. The highest BCUT2D eigenvalue weighted by atomic mass is 32.2. The number of nitrogens with zero attached hydrogens (tertiary/aromatic N) is 5. The molecule has 1 N–H and O–H groups in total. The minimum absolute atomic E-state index is 0.0989. The van der Waals surface area contributed by atoms with Crippen LogP contribution in [0.15, 0.2) is 66.2 Å². The molecule has 1 amide bonds. The van der Waals surface area contributed by atoms with Gasteiger partial charge in [-0.3, -0.25) is 14.3 Å². The number of thioether (sulfide) groups is 1. The lowest BCUT2D eigenvalue weighted by Crippen LogP contribution is -2.15. The standard InChI is InChI=1S/C23H22N6OS/c1-15-5-8-18(9-6-15)29-22(20-13-24-10-11-25-20)27-28-23(29)31-14-21(30)26-19-12-16(2)4-7-17(19)3/h4-13H,14H2,1-3H3,(H,26,30). The lowest BCUT2D eigenvalue weighted by atomic mass is 10.1. The van der Waals surface area contributed by atoms with E-state index in [-0.39, 0.29) is 11.7 Å². The van der Waals surface area contributed by atoms with Gasteiger partial charge in [-0.25, -0.2) is 4.98 Å². The van der Waals surface area contributed by atoms with Crippen molar-refractivity contribution in [3.63, 3.8) is 0 Å². The number of nitrogens with one attached hydrogen (secondary N) is 1. The summed E-state index contributed by atoms with van der Waals surface area (Å²) < 4.78 is 1.90. The first kappa shape index (κ1) is 20.7. The van der Waals surface area contributed by atoms with Crippen LogP contribution in [0.4, 0.5) is 5.69 Å². The van der Waals surface area contributed by atoms with Crippen molar-refractivity contribution in [3.05, 3.63) is 77.7 Å². The van der Waals surface area contributed by atoms with Crippen molar-refractivity contribution < 1.29 is 4.79 Å². The van der Waals surface area contributed by atoms with Crippen LogP contribution in [0.2, 0.25) is 0 Å². The Balaban J connectivity index is 1.59. The number of aromatic nitrogens is 5. The molecule has 0 aliphatic carbocycles. The molecule has 2 aromatic carbocycles. The molecule has 0 aliphatic heterocycles. The Kier molecular flexibility index (Phi) is 6.08. The van der Waals surface area contributed by atoms with Gasteiger partial charge in [0.1, 0.15) is 5.69 Å². The fourth-order valence-corrected chi connectivity index (χ4v) is 3.81. The highest BCUT2D eigenvalue weighted by Gasteiger charge is 2.18. The van der Waals surface area contributed by atoms with Gasteiger partial charge in [-0.15, -0.1) is 10.2 Å². The van der Waals surface area contributed by atoms with Crippen LogP contribution in [0.25, 0.3) is 17.2 Å². The molecule has 0 radical (unpaired) electrons. The van der Waals surface area contributed by atoms with Crippen LogP contribution in [0.3, 0.4) is 0 Å². The summed E-state index contributed by atoms with van der Waals surface area (Å²) in [6.07, 6.45) is 4.88. The van der Waals surface area contributed by atoms with E-state index in [0.717, 1.165) is 28.1 Å². The van der Waals surface area contributed by atoms with Crippen LogP contribution in [-0.4, -0.2) is 36.4 Å². The van der Waals surface area contributed by atoms with Gasteiger partial charge >= 0.3 is 0 Å². The molecule has 7 nitrogen and oxygen atoms in total. The van der Waals surface area contributed by atoms with Crippen LogP contribution >= 0.6 is 11.8 Å². The summed E-state index contributed by atoms with van der Waals surface area (Å²) >= 11 is 1.33. The van der Waals surface area contributed by atoms with Gasteiger partial charge in [-0.1, -0.05) is 41.6 Å². The highest BCUT2D eigenvalue weighted by molar-refractivity contribution is 7.99. The highest BCUT2D eigenvalue weighted by Crippen LogP contribution is 2.27. The van der Waals surface area contributed by atoms with E-state index in [1.54, 1.807) is 18.6 Å². The molecule has 156 valence electrons. The average Bonchev–Trinajstić information content (AvgIpc) is 3.20. The molecular weight excluding hydrogens is 408 g/mol. The molecule has 0 saturated carbocycles. The van der Waals surface area contributed by atoms with E-state index < -0.39 is 0 Å². The van der Waals surface area contributed by atoms with Gasteiger partial charge < -0.3 is 5.32 Å². The number of hydrogen-bond donors (Lipinski definition) is 1. The molecule has 0 aliphatic rings. The van der Waals surface area contributed by atoms with Gasteiger partial charge in [0.2, 0.25) is 5.91 Å². The molecule has 0 unspecified atom stereocenters. The first-order valence-corrected chi connectivity index (χ1v) is 10.8. The maximum absolute atomic E-state index is 12.6. The molecule has 2 heterocycles. The van der Waals surface area contributed by atoms with Gasteiger partial charge in [-0.05, 0) is 50.1 Å². The van der Waals surface area contributed by atoms with Gasteiger partial charge in [-0.2, -0.15) is 0 Å². The van der Waals surface area contributed by atoms with Gasteiger partial charge in [0.15, 0.2) is 11.0 Å². The maximum atomic E-state index is 12.6. The third-order valence-corrected chi connectivity index (χ3v) is 5.65. The van der Waals surface area contributed by atoms with E-state index in [2.05, 4.69) is 25.5 Å². The minimum atomic E-state index is -0.0989. The monoisotopic (exact) mass is 430 g/mol. The van der Waals surface area contributed by atoms with Gasteiger partial charge in [0, 0.05) is 23.8 Å². The third-order valence-electron chi connectivity index (χ3n) is 4.72. The molecule has 0 spiro atoms. The summed E-state index contributed by atoms with van der Waals surface area (Å²) in [5.74, 6) is 0.685. The van der Waals surface area contributed by atoms with Crippen molar-refractivity contribution in [1.82, 2.24) is 24.7 Å². The number of aryl methyl sites for hydroxylation is 3. The molecule has 0 atom stereocenters. The number of carbonyl (C=O) groups is 1. The van der Waals surface area contributed by atoms with Gasteiger partial charge in [0.25, 0.3) is 0 Å². The van der Waals surface area contributed by atoms with Crippen LogP contribution in [0.1, 0.15) is 16.7 Å². The fraction of sp³-hybridized carbons (Fsp3) is 0.174. The van der Waals surface area contributed by atoms with Crippen molar-refractivity contribution >= 4 is 23.4 Å². The van der Waals surface area contributed by atoms with E-state index in [1.165, 1.54) is 11.8 Å². The van der Waals surface area contributed by atoms with Crippen LogP contribution in [0, 0.1) is 20.8 Å². The zero-order valence-corrected chi connectivity index (χ0v) is 18.3. The molecule has 8 heteroatoms. The molecule has 0 fully saturated rings. The van der Waals surface area contributed by atoms with Crippen molar-refractivity contribution in [2.24, 2.45) is 0 Å². The molecule has 0 bridgehead atoms. The first-order chi connectivity index (χ1) is 15.0. The Morgan fingerprint density at radius 3 is 2.52 bits per heavy atom. The summed E-state index contributed by atoms with van der Waals surface area (Å²) in [6.45, 7) is 6.01. The second kappa shape index (κ2) is 9.09. The zero-order valence-electron chi connectivity index (χ0n) is 17.5. The second-order valence-electron chi connectivity index (χ2n) is 7.22. The van der Waals surface area contributed by atoms with Crippen molar-refractivity contribution in [2.45, 2.75) is 25.9 Å². The van der Waals surface area contributed by atoms with E-state index in [9.17, 15) is 4.79 Å². The Bertz CT molecular complexity index is 1200.